The highest BCUT2D eigenvalue weighted by atomic mass is 32.2. The van der Waals surface area contributed by atoms with E-state index in [-0.39, 0.29) is 18.2 Å². The van der Waals surface area contributed by atoms with E-state index in [1.165, 1.54) is 0 Å². The maximum absolute atomic E-state index is 12.8. The minimum absolute atomic E-state index is 0.106. The van der Waals surface area contributed by atoms with Crippen LogP contribution in [0.3, 0.4) is 0 Å². The van der Waals surface area contributed by atoms with Crippen molar-refractivity contribution in [3.8, 4) is 5.69 Å². The lowest BCUT2D eigenvalue weighted by Gasteiger charge is -2.17. The molecule has 2 aromatic carbocycles. The number of nitrogens with one attached hydrogen (secondary N) is 1. The molecule has 1 heterocycles. The third-order valence-electron chi connectivity index (χ3n) is 5.79. The zero-order valence-electron chi connectivity index (χ0n) is 17.8. The van der Waals surface area contributed by atoms with E-state index >= 15 is 0 Å². The van der Waals surface area contributed by atoms with Crippen molar-refractivity contribution in [2.24, 2.45) is 0 Å². The van der Waals surface area contributed by atoms with Crippen LogP contribution in [0.2, 0.25) is 0 Å². The first-order valence-corrected chi connectivity index (χ1v) is 12.2. The summed E-state index contributed by atoms with van der Waals surface area (Å²) < 4.78 is 26.6. The summed E-state index contributed by atoms with van der Waals surface area (Å²) in [6, 6.07) is 11.3. The molecule has 162 valence electrons. The Balaban J connectivity index is 2.01. The molecule has 1 aromatic heterocycles. The van der Waals surface area contributed by atoms with Crippen LogP contribution in [0.1, 0.15) is 57.6 Å². The molecule has 3 aromatic rings. The van der Waals surface area contributed by atoms with Crippen LogP contribution in [0.15, 0.2) is 36.4 Å². The van der Waals surface area contributed by atoms with Gasteiger partial charge in [-0.3, -0.25) is 4.79 Å². The van der Waals surface area contributed by atoms with Gasteiger partial charge in [0.1, 0.15) is 12.0 Å². The maximum atomic E-state index is 12.8. The molecule has 0 unspecified atom stereocenters. The van der Waals surface area contributed by atoms with Crippen LogP contribution in [0, 0.1) is 6.92 Å². The number of rotatable bonds is 7. The van der Waals surface area contributed by atoms with Gasteiger partial charge in [-0.1, -0.05) is 17.7 Å². The number of hydrogen-bond donors (Lipinski definition) is 1. The van der Waals surface area contributed by atoms with Gasteiger partial charge in [-0.25, -0.2) is 13.1 Å². The molecular weight excluding hydrogens is 414 g/mol. The van der Waals surface area contributed by atoms with Crippen molar-refractivity contribution in [1.29, 1.82) is 0 Å². The van der Waals surface area contributed by atoms with Gasteiger partial charge < -0.3 is 10.1 Å². The fraction of sp³-hybridized carbons (Fsp3) is 0.348. The number of sulfone groups is 1. The minimum Gasteiger partial charge on any atom is -0.354 e. The van der Waals surface area contributed by atoms with Crippen molar-refractivity contribution in [3.63, 3.8) is 0 Å². The van der Waals surface area contributed by atoms with Crippen molar-refractivity contribution in [2.45, 2.75) is 37.4 Å². The smallest absolute Gasteiger partial charge is 0.270 e. The lowest BCUT2D eigenvalue weighted by Crippen LogP contribution is -2.22. The van der Waals surface area contributed by atoms with Crippen LogP contribution in [-0.4, -0.2) is 43.7 Å². The van der Waals surface area contributed by atoms with Gasteiger partial charge in [0.05, 0.1) is 16.5 Å². The zero-order valence-corrected chi connectivity index (χ0v) is 18.6. The fourth-order valence-corrected chi connectivity index (χ4v) is 5.12. The summed E-state index contributed by atoms with van der Waals surface area (Å²) in [6.07, 6.45) is 3.61. The average molecular weight is 440 g/mol. The lowest BCUT2D eigenvalue weighted by molar-refractivity contribution is -0.107. The van der Waals surface area contributed by atoms with E-state index in [2.05, 4.69) is 10.4 Å². The normalized spacial score (nSPS) is 15.1. The first kappa shape index (κ1) is 21.2. The zero-order chi connectivity index (χ0) is 22.3. The molecule has 0 saturated heterocycles. The number of carbonyl (C=O) groups excluding carboxylic acids is 2. The molecule has 1 amide bonds. The van der Waals surface area contributed by atoms with E-state index in [0.717, 1.165) is 35.9 Å². The Hall–Kier alpha value is -3.00. The van der Waals surface area contributed by atoms with Crippen LogP contribution in [0.5, 0.6) is 0 Å². The predicted molar refractivity (Wildman–Crippen MR) is 119 cm³/mol. The Morgan fingerprint density at radius 3 is 2.48 bits per heavy atom. The summed E-state index contributed by atoms with van der Waals surface area (Å²) in [7, 11) is -1.93. The van der Waals surface area contributed by atoms with Crippen LogP contribution in [0.4, 0.5) is 0 Å². The van der Waals surface area contributed by atoms with Gasteiger partial charge in [-0.05, 0) is 61.1 Å². The van der Waals surface area contributed by atoms with Crippen molar-refractivity contribution >= 4 is 32.9 Å². The van der Waals surface area contributed by atoms with Crippen LogP contribution in [0.25, 0.3) is 16.6 Å². The lowest BCUT2D eigenvalue weighted by atomic mass is 9.96. The molecule has 1 aliphatic rings. The maximum Gasteiger partial charge on any atom is 0.270 e. The summed E-state index contributed by atoms with van der Waals surface area (Å²) in [4.78, 5) is 24.1. The van der Waals surface area contributed by atoms with E-state index in [1.54, 1.807) is 17.8 Å². The monoisotopic (exact) mass is 439 g/mol. The van der Waals surface area contributed by atoms with Gasteiger partial charge in [-0.2, -0.15) is 5.10 Å². The molecule has 0 bridgehead atoms. The fourth-order valence-electron chi connectivity index (χ4n) is 4.02. The van der Waals surface area contributed by atoms with Crippen molar-refractivity contribution in [3.05, 3.63) is 58.8 Å². The Labute approximate surface area is 181 Å². The second kappa shape index (κ2) is 7.92. The predicted octanol–water partition coefficient (Wildman–Crippen LogP) is 3.25. The molecule has 1 N–H and O–H groups in total. The molecule has 7 nitrogen and oxygen atoms in total. The Morgan fingerprint density at radius 2 is 1.94 bits per heavy atom. The Kier molecular flexibility index (Phi) is 5.43. The molecule has 31 heavy (non-hydrogen) atoms. The molecule has 1 saturated carbocycles. The standard InChI is InChI=1S/C23H25N3O4S/c1-14-4-8-16(9-5-14)26-22(23(28)24-2)19-12-17(15-6-7-15)18(13-20(19)25-26)21(10-11-27)31(3,29)30/h4-5,8-9,11-13,15,21H,6-7,10H2,1-3H3,(H,24,28)/t21-/m1/s1. The number of amides is 1. The SMILES string of the molecule is CNC(=O)c1c2cc(C3CC3)c([C@@H](CC=O)S(C)(=O)=O)cc2nn1-c1ccc(C)cc1. The topological polar surface area (TPSA) is 98.1 Å². The first-order valence-electron chi connectivity index (χ1n) is 10.2. The van der Waals surface area contributed by atoms with Gasteiger partial charge in [0.15, 0.2) is 9.84 Å². The van der Waals surface area contributed by atoms with Gasteiger partial charge in [0, 0.05) is 25.1 Å². The largest absolute Gasteiger partial charge is 0.354 e. The molecular formula is C23H25N3O4S. The first-order chi connectivity index (χ1) is 14.7. The summed E-state index contributed by atoms with van der Waals surface area (Å²) in [5.41, 5.74) is 4.26. The number of benzene rings is 2. The second-order valence-corrected chi connectivity index (χ2v) is 10.4. The third kappa shape index (κ3) is 3.99. The van der Waals surface area contributed by atoms with Crippen molar-refractivity contribution in [1.82, 2.24) is 15.1 Å². The van der Waals surface area contributed by atoms with E-state index in [1.807, 2.05) is 37.3 Å². The van der Waals surface area contributed by atoms with E-state index < -0.39 is 15.1 Å². The van der Waals surface area contributed by atoms with Crippen molar-refractivity contribution < 1.29 is 18.0 Å². The summed E-state index contributed by atoms with van der Waals surface area (Å²) in [6.45, 7) is 1.98. The number of aldehydes is 1. The van der Waals surface area contributed by atoms with Gasteiger partial charge in [0.2, 0.25) is 0 Å². The van der Waals surface area contributed by atoms with Crippen LogP contribution >= 0.6 is 0 Å². The highest BCUT2D eigenvalue weighted by Gasteiger charge is 2.34. The van der Waals surface area contributed by atoms with Gasteiger partial charge in [0.25, 0.3) is 5.91 Å². The molecule has 1 aliphatic carbocycles. The number of nitrogens with zero attached hydrogens (tertiary/aromatic N) is 2. The molecule has 1 atom stereocenters. The van der Waals surface area contributed by atoms with Crippen LogP contribution in [-0.2, 0) is 14.6 Å². The number of carbonyl (C=O) groups is 2. The van der Waals surface area contributed by atoms with E-state index in [0.29, 0.717) is 28.4 Å². The van der Waals surface area contributed by atoms with Gasteiger partial charge in [-0.15, -0.1) is 0 Å². The quantitative estimate of drug-likeness (QED) is 0.570. The van der Waals surface area contributed by atoms with E-state index in [9.17, 15) is 18.0 Å². The molecule has 4 rings (SSSR count). The number of aryl methyl sites for hydroxylation is 1. The minimum atomic E-state index is -3.50. The number of fused-ring (bicyclic) bond motifs is 1. The number of aromatic nitrogens is 2. The number of hydrogen-bond acceptors (Lipinski definition) is 5. The molecule has 0 aliphatic heterocycles. The third-order valence-corrected chi connectivity index (χ3v) is 7.27. The summed E-state index contributed by atoms with van der Waals surface area (Å²) in [5.74, 6) is -0.0410. The van der Waals surface area contributed by atoms with Crippen molar-refractivity contribution in [2.75, 3.05) is 13.3 Å². The van der Waals surface area contributed by atoms with Gasteiger partial charge >= 0.3 is 0 Å². The highest BCUT2D eigenvalue weighted by molar-refractivity contribution is 7.91. The van der Waals surface area contributed by atoms with Crippen LogP contribution < -0.4 is 5.32 Å². The summed E-state index contributed by atoms with van der Waals surface area (Å²) >= 11 is 0. The average Bonchev–Trinajstić information content (AvgIpc) is 3.51. The Bertz CT molecular complexity index is 1270. The molecule has 0 spiro atoms. The molecule has 0 radical (unpaired) electrons. The highest BCUT2D eigenvalue weighted by Crippen LogP contribution is 2.46. The molecule has 8 heteroatoms. The van der Waals surface area contributed by atoms with E-state index in [4.69, 9.17) is 0 Å². The Morgan fingerprint density at radius 1 is 1.26 bits per heavy atom. The second-order valence-electron chi connectivity index (χ2n) is 8.17. The molecule has 1 fully saturated rings. The summed E-state index contributed by atoms with van der Waals surface area (Å²) in [5, 5.41) is 7.10.